The van der Waals surface area contributed by atoms with Gasteiger partial charge in [0.2, 0.25) is 11.8 Å². The van der Waals surface area contributed by atoms with Crippen molar-refractivity contribution < 1.29 is 9.59 Å². The van der Waals surface area contributed by atoms with Crippen LogP contribution in [-0.4, -0.2) is 29.3 Å². The van der Waals surface area contributed by atoms with Gasteiger partial charge in [-0.2, -0.15) is 0 Å². The van der Waals surface area contributed by atoms with E-state index < -0.39 is 6.04 Å². The van der Waals surface area contributed by atoms with Crippen LogP contribution in [0.2, 0.25) is 15.1 Å². The molecule has 7 heteroatoms. The van der Waals surface area contributed by atoms with Crippen molar-refractivity contribution in [3.63, 3.8) is 0 Å². The van der Waals surface area contributed by atoms with Gasteiger partial charge >= 0.3 is 0 Å². The third kappa shape index (κ3) is 7.22. The Hall–Kier alpha value is -1.75. The minimum atomic E-state index is -0.624. The smallest absolute Gasteiger partial charge is 0.242 e. The second-order valence-electron chi connectivity index (χ2n) is 6.88. The number of rotatable bonds is 9. The first kappa shape index (κ1) is 23.5. The second-order valence-corrected chi connectivity index (χ2v) is 8.16. The Kier molecular flexibility index (Phi) is 9.28. The van der Waals surface area contributed by atoms with Crippen LogP contribution in [0.5, 0.6) is 0 Å². The lowest BCUT2D eigenvalue weighted by Crippen LogP contribution is -2.48. The molecule has 0 aliphatic carbocycles. The van der Waals surface area contributed by atoms with Gasteiger partial charge in [-0.3, -0.25) is 9.59 Å². The highest BCUT2D eigenvalue weighted by Crippen LogP contribution is 2.23. The zero-order chi connectivity index (χ0) is 21.4. The highest BCUT2D eigenvalue weighted by Gasteiger charge is 2.26. The number of nitrogens with one attached hydrogen (secondary N) is 1. The molecule has 0 aliphatic rings. The summed E-state index contributed by atoms with van der Waals surface area (Å²) in [6, 6.07) is 11.6. The van der Waals surface area contributed by atoms with Crippen molar-refractivity contribution in [3.05, 3.63) is 68.7 Å². The van der Waals surface area contributed by atoms with E-state index in [4.69, 9.17) is 34.8 Å². The van der Waals surface area contributed by atoms with Gasteiger partial charge in [-0.1, -0.05) is 66.3 Å². The Bertz CT molecular complexity index is 840. The molecule has 0 unspecified atom stereocenters. The van der Waals surface area contributed by atoms with Crippen molar-refractivity contribution in [2.24, 2.45) is 0 Å². The van der Waals surface area contributed by atoms with Crippen molar-refractivity contribution in [2.45, 2.75) is 45.7 Å². The van der Waals surface area contributed by atoms with Gasteiger partial charge in [0, 0.05) is 28.2 Å². The Morgan fingerprint density at radius 2 is 1.69 bits per heavy atom. The van der Waals surface area contributed by atoms with Gasteiger partial charge < -0.3 is 10.2 Å². The molecule has 0 heterocycles. The lowest BCUT2D eigenvalue weighted by atomic mass is 10.1. The summed E-state index contributed by atoms with van der Waals surface area (Å²) in [7, 11) is 0. The number of nitrogens with zero attached hydrogens (tertiary/aromatic N) is 1. The van der Waals surface area contributed by atoms with Crippen LogP contribution in [0.3, 0.4) is 0 Å². The average Bonchev–Trinajstić information content (AvgIpc) is 2.69. The van der Waals surface area contributed by atoms with E-state index in [9.17, 15) is 9.59 Å². The van der Waals surface area contributed by atoms with E-state index in [-0.39, 0.29) is 18.2 Å². The lowest BCUT2D eigenvalue weighted by molar-refractivity contribution is -0.140. The molecule has 0 fully saturated rings. The molecule has 0 bridgehead atoms. The first-order chi connectivity index (χ1) is 13.8. The van der Waals surface area contributed by atoms with Crippen LogP contribution in [0.1, 0.15) is 37.8 Å². The highest BCUT2D eigenvalue weighted by molar-refractivity contribution is 6.35. The van der Waals surface area contributed by atoms with Crippen molar-refractivity contribution in [3.8, 4) is 0 Å². The van der Waals surface area contributed by atoms with Gasteiger partial charge in [-0.15, -0.1) is 0 Å². The largest absolute Gasteiger partial charge is 0.354 e. The molecule has 1 N–H and O–H groups in total. The molecule has 2 amide bonds. The maximum atomic E-state index is 13.1. The van der Waals surface area contributed by atoms with E-state index in [0.29, 0.717) is 33.7 Å². The highest BCUT2D eigenvalue weighted by atomic mass is 35.5. The summed E-state index contributed by atoms with van der Waals surface area (Å²) < 4.78 is 0. The summed E-state index contributed by atoms with van der Waals surface area (Å²) in [5.74, 6) is -0.370. The SMILES string of the molecule is CCCCNC(=O)[C@@H](C)N(Cc1ccc(Cl)cc1)C(=O)Cc1ccc(Cl)cc1Cl. The molecule has 2 aromatic carbocycles. The lowest BCUT2D eigenvalue weighted by Gasteiger charge is -2.29. The van der Waals surface area contributed by atoms with E-state index >= 15 is 0 Å². The molecule has 0 spiro atoms. The Morgan fingerprint density at radius 1 is 1.03 bits per heavy atom. The third-order valence-electron chi connectivity index (χ3n) is 4.62. The topological polar surface area (TPSA) is 49.4 Å². The van der Waals surface area contributed by atoms with Crippen LogP contribution in [0, 0.1) is 0 Å². The van der Waals surface area contributed by atoms with Crippen molar-refractivity contribution in [2.75, 3.05) is 6.54 Å². The first-order valence-electron chi connectivity index (χ1n) is 9.57. The Balaban J connectivity index is 2.20. The molecule has 2 rings (SSSR count). The first-order valence-corrected chi connectivity index (χ1v) is 10.7. The fraction of sp³-hybridized carbons (Fsp3) is 0.364. The number of halogens is 3. The molecule has 29 heavy (non-hydrogen) atoms. The molecule has 4 nitrogen and oxygen atoms in total. The predicted molar refractivity (Wildman–Crippen MR) is 120 cm³/mol. The summed E-state index contributed by atoms with van der Waals surface area (Å²) in [5.41, 5.74) is 1.55. The zero-order valence-corrected chi connectivity index (χ0v) is 18.8. The zero-order valence-electron chi connectivity index (χ0n) is 16.6. The number of carbonyl (C=O) groups is 2. The normalized spacial score (nSPS) is 11.8. The van der Waals surface area contributed by atoms with Crippen LogP contribution in [0.25, 0.3) is 0 Å². The standard InChI is InChI=1S/C22H25Cl3N2O2/c1-3-4-11-26-22(29)15(2)27(14-16-5-8-18(23)9-6-16)21(28)12-17-7-10-19(24)13-20(17)25/h5-10,13,15H,3-4,11-12,14H2,1-2H3,(H,26,29)/t15-/m1/s1. The number of benzene rings is 2. The predicted octanol–water partition coefficient (Wildman–Crippen LogP) is 5.52. The molecule has 0 aromatic heterocycles. The van der Waals surface area contributed by atoms with Crippen LogP contribution in [-0.2, 0) is 22.6 Å². The molecular formula is C22H25Cl3N2O2. The fourth-order valence-corrected chi connectivity index (χ4v) is 3.44. The summed E-state index contributed by atoms with van der Waals surface area (Å²) in [6.45, 7) is 4.68. The molecule has 0 radical (unpaired) electrons. The van der Waals surface area contributed by atoms with Gasteiger partial charge in [-0.05, 0) is 48.7 Å². The molecule has 0 saturated heterocycles. The number of unbranched alkanes of at least 4 members (excludes halogenated alkanes) is 1. The van der Waals surface area contributed by atoms with Crippen LogP contribution >= 0.6 is 34.8 Å². The molecule has 0 saturated carbocycles. The maximum absolute atomic E-state index is 13.1. The molecular weight excluding hydrogens is 431 g/mol. The van der Waals surface area contributed by atoms with E-state index in [1.807, 2.05) is 12.1 Å². The van der Waals surface area contributed by atoms with Crippen molar-refractivity contribution in [1.82, 2.24) is 10.2 Å². The molecule has 156 valence electrons. The summed E-state index contributed by atoms with van der Waals surface area (Å²) >= 11 is 18.1. The number of amides is 2. The van der Waals surface area contributed by atoms with Gasteiger partial charge in [0.1, 0.15) is 6.04 Å². The quantitative estimate of drug-likeness (QED) is 0.506. The maximum Gasteiger partial charge on any atom is 0.242 e. The van der Waals surface area contributed by atoms with E-state index in [1.165, 1.54) is 0 Å². The van der Waals surface area contributed by atoms with Gasteiger partial charge in [0.05, 0.1) is 6.42 Å². The molecule has 2 aromatic rings. The number of hydrogen-bond acceptors (Lipinski definition) is 2. The van der Waals surface area contributed by atoms with Crippen LogP contribution in [0.4, 0.5) is 0 Å². The van der Waals surface area contributed by atoms with E-state index in [2.05, 4.69) is 12.2 Å². The minimum Gasteiger partial charge on any atom is -0.354 e. The Morgan fingerprint density at radius 3 is 2.31 bits per heavy atom. The summed E-state index contributed by atoms with van der Waals surface area (Å²) in [4.78, 5) is 27.3. The third-order valence-corrected chi connectivity index (χ3v) is 5.46. The molecule has 0 aliphatic heterocycles. The average molecular weight is 456 g/mol. The number of hydrogen-bond donors (Lipinski definition) is 1. The van der Waals surface area contributed by atoms with Crippen LogP contribution in [0.15, 0.2) is 42.5 Å². The van der Waals surface area contributed by atoms with E-state index in [0.717, 1.165) is 18.4 Å². The summed E-state index contributed by atoms with van der Waals surface area (Å²) in [6.07, 6.45) is 1.96. The monoisotopic (exact) mass is 454 g/mol. The van der Waals surface area contributed by atoms with Gasteiger partial charge in [0.15, 0.2) is 0 Å². The summed E-state index contributed by atoms with van der Waals surface area (Å²) in [5, 5.41) is 4.45. The fourth-order valence-electron chi connectivity index (χ4n) is 2.83. The Labute approximate surface area is 187 Å². The van der Waals surface area contributed by atoms with Gasteiger partial charge in [-0.25, -0.2) is 0 Å². The number of carbonyl (C=O) groups excluding carboxylic acids is 2. The minimum absolute atomic E-state index is 0.0795. The van der Waals surface area contributed by atoms with Crippen LogP contribution < -0.4 is 5.32 Å². The van der Waals surface area contributed by atoms with Crippen molar-refractivity contribution >= 4 is 46.6 Å². The van der Waals surface area contributed by atoms with E-state index in [1.54, 1.807) is 42.2 Å². The van der Waals surface area contributed by atoms with Gasteiger partial charge in [0.25, 0.3) is 0 Å². The van der Waals surface area contributed by atoms with Crippen molar-refractivity contribution in [1.29, 1.82) is 0 Å². The second kappa shape index (κ2) is 11.4. The molecule has 1 atom stereocenters.